The van der Waals surface area contributed by atoms with Crippen LogP contribution in [0.4, 0.5) is 4.39 Å². The van der Waals surface area contributed by atoms with E-state index in [1.54, 1.807) is 6.07 Å². The molecule has 3 rings (SSSR count). The number of piperidine rings is 1. The van der Waals surface area contributed by atoms with Gasteiger partial charge in [0.1, 0.15) is 0 Å². The maximum atomic E-state index is 12.7. The Morgan fingerprint density at radius 2 is 1.76 bits per heavy atom. The lowest BCUT2D eigenvalue weighted by atomic mass is 9.92. The van der Waals surface area contributed by atoms with E-state index >= 15 is 0 Å². The van der Waals surface area contributed by atoms with Gasteiger partial charge < -0.3 is 0 Å². The molecule has 1 aliphatic carbocycles. The molecule has 1 aromatic rings. The highest BCUT2D eigenvalue weighted by molar-refractivity contribution is 7.89. The summed E-state index contributed by atoms with van der Waals surface area (Å²) in [6.45, 7) is 0.536. The number of aryl methyl sites for hydroxylation is 2. The second kappa shape index (κ2) is 6.05. The molecule has 0 N–H and O–H groups in total. The van der Waals surface area contributed by atoms with Crippen LogP contribution < -0.4 is 0 Å². The predicted octanol–water partition coefficient (Wildman–Crippen LogP) is 2.94. The summed E-state index contributed by atoms with van der Waals surface area (Å²) in [7, 11) is -3.42. The van der Waals surface area contributed by atoms with E-state index in [1.807, 2.05) is 12.1 Å². The number of benzene rings is 1. The third-order valence-corrected chi connectivity index (χ3v) is 6.64. The topological polar surface area (TPSA) is 37.4 Å². The van der Waals surface area contributed by atoms with Gasteiger partial charge in [-0.15, -0.1) is 0 Å². The van der Waals surface area contributed by atoms with E-state index < -0.39 is 10.0 Å². The van der Waals surface area contributed by atoms with Gasteiger partial charge in [0.2, 0.25) is 10.0 Å². The summed E-state index contributed by atoms with van der Waals surface area (Å²) in [5.41, 5.74) is 2.47. The molecule has 3 nitrogen and oxygen atoms in total. The predicted molar refractivity (Wildman–Crippen MR) is 80.5 cm³/mol. The van der Waals surface area contributed by atoms with E-state index in [-0.39, 0.29) is 12.6 Å². The highest BCUT2D eigenvalue weighted by atomic mass is 32.2. The number of sulfonamides is 1. The summed E-state index contributed by atoms with van der Waals surface area (Å²) < 4.78 is 39.6. The van der Waals surface area contributed by atoms with Crippen molar-refractivity contribution in [1.29, 1.82) is 0 Å². The minimum absolute atomic E-state index is 0.0278. The molecule has 5 heteroatoms. The molecular formula is C16H22FNO2S. The second-order valence-corrected chi connectivity index (χ2v) is 8.08. The fourth-order valence-corrected chi connectivity index (χ4v) is 4.84. The van der Waals surface area contributed by atoms with E-state index in [0.29, 0.717) is 30.8 Å². The summed E-state index contributed by atoms with van der Waals surface area (Å²) >= 11 is 0. The third kappa shape index (κ3) is 2.99. The minimum atomic E-state index is -3.42. The summed E-state index contributed by atoms with van der Waals surface area (Å²) in [6, 6.07) is 5.56. The maximum absolute atomic E-state index is 12.7. The molecule has 1 saturated heterocycles. The van der Waals surface area contributed by atoms with Crippen molar-refractivity contribution in [3.8, 4) is 0 Å². The van der Waals surface area contributed by atoms with Crippen molar-refractivity contribution in [2.45, 2.75) is 43.4 Å². The van der Waals surface area contributed by atoms with E-state index in [0.717, 1.165) is 19.3 Å². The van der Waals surface area contributed by atoms with Gasteiger partial charge in [0.15, 0.2) is 0 Å². The van der Waals surface area contributed by atoms with Gasteiger partial charge in [0.05, 0.1) is 11.6 Å². The largest absolute Gasteiger partial charge is 0.251 e. The second-order valence-electron chi connectivity index (χ2n) is 6.14. The first-order valence-corrected chi connectivity index (χ1v) is 9.23. The SMILES string of the molecule is O=S(=O)(c1ccc2c(c1)CCCC2)N1CCC(CF)CC1. The number of fused-ring (bicyclic) bond motifs is 1. The summed E-state index contributed by atoms with van der Waals surface area (Å²) in [5.74, 6) is 0.0278. The third-order valence-electron chi connectivity index (χ3n) is 4.75. The summed E-state index contributed by atoms with van der Waals surface area (Å²) in [6.07, 6.45) is 5.61. The molecule has 0 saturated carbocycles. The Morgan fingerprint density at radius 3 is 2.43 bits per heavy atom. The van der Waals surface area contributed by atoms with Crippen LogP contribution in [-0.4, -0.2) is 32.5 Å². The number of halogens is 1. The van der Waals surface area contributed by atoms with Gasteiger partial charge in [0, 0.05) is 13.1 Å². The van der Waals surface area contributed by atoms with Crippen LogP contribution in [-0.2, 0) is 22.9 Å². The highest BCUT2D eigenvalue weighted by Gasteiger charge is 2.29. The van der Waals surface area contributed by atoms with Crippen molar-refractivity contribution in [2.75, 3.05) is 19.8 Å². The minimum Gasteiger partial charge on any atom is -0.251 e. The molecular weight excluding hydrogens is 289 g/mol. The average molecular weight is 311 g/mol. The zero-order valence-corrected chi connectivity index (χ0v) is 13.0. The van der Waals surface area contributed by atoms with Crippen LogP contribution in [0.2, 0.25) is 0 Å². The van der Waals surface area contributed by atoms with Crippen LogP contribution in [0.15, 0.2) is 23.1 Å². The monoisotopic (exact) mass is 311 g/mol. The number of alkyl halides is 1. The first kappa shape index (κ1) is 15.0. The van der Waals surface area contributed by atoms with Crippen LogP contribution in [0.1, 0.15) is 36.8 Å². The molecule has 0 unspecified atom stereocenters. The van der Waals surface area contributed by atoms with Crippen LogP contribution in [0.25, 0.3) is 0 Å². The van der Waals surface area contributed by atoms with Gasteiger partial charge in [-0.25, -0.2) is 8.42 Å². The van der Waals surface area contributed by atoms with Crippen molar-refractivity contribution >= 4 is 10.0 Å². The number of hydrogen-bond acceptors (Lipinski definition) is 2. The first-order chi connectivity index (χ1) is 10.1. The van der Waals surface area contributed by atoms with E-state index in [9.17, 15) is 12.8 Å². The van der Waals surface area contributed by atoms with Crippen molar-refractivity contribution in [3.63, 3.8) is 0 Å². The molecule has 21 heavy (non-hydrogen) atoms. The number of hydrogen-bond donors (Lipinski definition) is 0. The molecule has 1 fully saturated rings. The zero-order chi connectivity index (χ0) is 14.9. The molecule has 0 amide bonds. The molecule has 1 aromatic carbocycles. The number of rotatable bonds is 3. The van der Waals surface area contributed by atoms with Crippen molar-refractivity contribution < 1.29 is 12.8 Å². The molecule has 0 atom stereocenters. The zero-order valence-electron chi connectivity index (χ0n) is 12.2. The molecule has 0 radical (unpaired) electrons. The van der Waals surface area contributed by atoms with Gasteiger partial charge in [-0.3, -0.25) is 4.39 Å². The lowest BCUT2D eigenvalue weighted by Gasteiger charge is -2.30. The Labute approximate surface area is 126 Å². The first-order valence-electron chi connectivity index (χ1n) is 7.79. The fraction of sp³-hybridized carbons (Fsp3) is 0.625. The normalized spacial score (nSPS) is 21.2. The van der Waals surface area contributed by atoms with Crippen molar-refractivity contribution in [2.24, 2.45) is 5.92 Å². The molecule has 116 valence electrons. The molecule has 1 heterocycles. The quantitative estimate of drug-likeness (QED) is 0.860. The van der Waals surface area contributed by atoms with Crippen molar-refractivity contribution in [3.05, 3.63) is 29.3 Å². The van der Waals surface area contributed by atoms with Crippen molar-refractivity contribution in [1.82, 2.24) is 4.31 Å². The molecule has 1 aliphatic heterocycles. The smallest absolute Gasteiger partial charge is 0.243 e. The van der Waals surface area contributed by atoms with Gasteiger partial charge in [-0.2, -0.15) is 4.31 Å². The fourth-order valence-electron chi connectivity index (χ4n) is 3.32. The van der Waals surface area contributed by atoms with Crippen LogP contribution in [0, 0.1) is 5.92 Å². The Bertz CT molecular complexity index is 607. The maximum Gasteiger partial charge on any atom is 0.243 e. The summed E-state index contributed by atoms with van der Waals surface area (Å²) in [4.78, 5) is 0.404. The summed E-state index contributed by atoms with van der Waals surface area (Å²) in [5, 5.41) is 0. The van der Waals surface area contributed by atoms with E-state index in [1.165, 1.54) is 21.9 Å². The van der Waals surface area contributed by atoms with Crippen LogP contribution >= 0.6 is 0 Å². The van der Waals surface area contributed by atoms with Gasteiger partial charge in [0.25, 0.3) is 0 Å². The van der Waals surface area contributed by atoms with Gasteiger partial charge in [-0.05, 0) is 67.7 Å². The highest BCUT2D eigenvalue weighted by Crippen LogP contribution is 2.28. The number of nitrogens with zero attached hydrogens (tertiary/aromatic N) is 1. The van der Waals surface area contributed by atoms with Crippen LogP contribution in [0.5, 0.6) is 0 Å². The van der Waals surface area contributed by atoms with E-state index in [2.05, 4.69) is 0 Å². The van der Waals surface area contributed by atoms with Crippen LogP contribution in [0.3, 0.4) is 0 Å². The average Bonchev–Trinajstić information content (AvgIpc) is 2.54. The molecule has 0 bridgehead atoms. The standard InChI is InChI=1S/C16H22FNO2S/c17-12-13-7-9-18(10-8-13)21(19,20)16-6-5-14-3-1-2-4-15(14)11-16/h5-6,11,13H,1-4,7-10,12H2. The Morgan fingerprint density at radius 1 is 1.10 bits per heavy atom. The molecule has 0 aromatic heterocycles. The molecule has 0 spiro atoms. The van der Waals surface area contributed by atoms with Gasteiger partial charge in [-0.1, -0.05) is 6.07 Å². The molecule has 2 aliphatic rings. The lowest BCUT2D eigenvalue weighted by Crippen LogP contribution is -2.38. The van der Waals surface area contributed by atoms with E-state index in [4.69, 9.17) is 0 Å². The Balaban J connectivity index is 1.82. The Hall–Kier alpha value is -0.940. The Kier molecular flexibility index (Phi) is 4.31. The lowest BCUT2D eigenvalue weighted by molar-refractivity contribution is 0.233. The van der Waals surface area contributed by atoms with Gasteiger partial charge >= 0.3 is 0 Å².